The molecular weight excluding hydrogens is 514 g/mol. The lowest BCUT2D eigenvalue weighted by molar-refractivity contribution is -0.384. The van der Waals surface area contributed by atoms with Crippen LogP contribution in [0.2, 0.25) is 0 Å². The van der Waals surface area contributed by atoms with Gasteiger partial charge in [0.25, 0.3) is 11.5 Å². The van der Waals surface area contributed by atoms with Gasteiger partial charge in [-0.25, -0.2) is 4.98 Å². The summed E-state index contributed by atoms with van der Waals surface area (Å²) in [6, 6.07) is 12.0. The van der Waals surface area contributed by atoms with Gasteiger partial charge in [0.05, 0.1) is 26.8 Å². The van der Waals surface area contributed by atoms with Crippen molar-refractivity contribution in [3.63, 3.8) is 0 Å². The molecule has 1 aliphatic rings. The SMILES string of the molecule is Cc1cc(/C(O)=C2\C(=O)C(=O)N(c3nc4ccc([N+](=O)[O-])cc4s3)C2c2cccs2)ccc1OC(C)C. The number of carbonyl (C=O) groups excluding carboxylic acids is 2. The molecule has 3 heterocycles. The number of aliphatic hydroxyl groups excluding tert-OH is 1. The predicted molar refractivity (Wildman–Crippen MR) is 142 cm³/mol. The van der Waals surface area contributed by atoms with E-state index in [0.29, 0.717) is 26.4 Å². The van der Waals surface area contributed by atoms with Gasteiger partial charge in [0.15, 0.2) is 5.13 Å². The number of ether oxygens (including phenoxy) is 1. The van der Waals surface area contributed by atoms with Gasteiger partial charge in [-0.05, 0) is 62.0 Å². The number of rotatable bonds is 6. The Balaban J connectivity index is 1.64. The van der Waals surface area contributed by atoms with E-state index in [9.17, 15) is 24.8 Å². The molecule has 0 bridgehead atoms. The van der Waals surface area contributed by atoms with Crippen molar-refractivity contribution in [3.8, 4) is 5.75 Å². The molecule has 11 heteroatoms. The van der Waals surface area contributed by atoms with Crippen LogP contribution in [0.4, 0.5) is 10.8 Å². The number of hydrogen-bond donors (Lipinski definition) is 1. The molecule has 37 heavy (non-hydrogen) atoms. The Morgan fingerprint density at radius 1 is 1.19 bits per heavy atom. The zero-order valence-electron chi connectivity index (χ0n) is 20.0. The van der Waals surface area contributed by atoms with Gasteiger partial charge >= 0.3 is 5.91 Å². The van der Waals surface area contributed by atoms with E-state index in [-0.39, 0.29) is 28.3 Å². The van der Waals surface area contributed by atoms with Gasteiger partial charge in [0, 0.05) is 22.6 Å². The average molecular weight is 536 g/mol. The monoisotopic (exact) mass is 535 g/mol. The van der Waals surface area contributed by atoms with Crippen LogP contribution in [-0.4, -0.2) is 32.8 Å². The summed E-state index contributed by atoms with van der Waals surface area (Å²) in [6.07, 6.45) is -0.0301. The number of thiazole rings is 1. The maximum atomic E-state index is 13.3. The number of ketones is 1. The van der Waals surface area contributed by atoms with Gasteiger partial charge < -0.3 is 9.84 Å². The predicted octanol–water partition coefficient (Wildman–Crippen LogP) is 5.99. The third-order valence-corrected chi connectivity index (χ3v) is 7.79. The van der Waals surface area contributed by atoms with Crippen molar-refractivity contribution in [2.24, 2.45) is 0 Å². The third kappa shape index (κ3) is 4.36. The molecule has 0 saturated carbocycles. The molecule has 0 radical (unpaired) electrons. The van der Waals surface area contributed by atoms with Gasteiger partial charge in [0.2, 0.25) is 0 Å². The number of non-ortho nitro benzene ring substituents is 1. The fourth-order valence-electron chi connectivity index (χ4n) is 4.20. The number of carbonyl (C=O) groups is 2. The molecule has 1 saturated heterocycles. The van der Waals surface area contributed by atoms with Gasteiger partial charge in [-0.15, -0.1) is 11.3 Å². The van der Waals surface area contributed by atoms with Crippen LogP contribution in [0.15, 0.2) is 59.5 Å². The quantitative estimate of drug-likeness (QED) is 0.106. The van der Waals surface area contributed by atoms with E-state index >= 15 is 0 Å². The Morgan fingerprint density at radius 2 is 1.97 bits per heavy atom. The molecule has 2 aromatic heterocycles. The van der Waals surface area contributed by atoms with Crippen molar-refractivity contribution < 1.29 is 24.4 Å². The Labute approximate surface area is 219 Å². The molecule has 4 aromatic rings. The van der Waals surface area contributed by atoms with Gasteiger partial charge in [-0.3, -0.25) is 24.6 Å². The van der Waals surface area contributed by atoms with E-state index in [1.54, 1.807) is 30.3 Å². The number of hydrogen-bond acceptors (Lipinski definition) is 9. The molecular formula is C26H21N3O6S2. The highest BCUT2D eigenvalue weighted by Crippen LogP contribution is 2.46. The number of nitrogens with zero attached hydrogens (tertiary/aromatic N) is 3. The molecule has 9 nitrogen and oxygen atoms in total. The summed E-state index contributed by atoms with van der Waals surface area (Å²) in [4.78, 5) is 43.8. The normalized spacial score (nSPS) is 17.2. The first-order valence-corrected chi connectivity index (χ1v) is 13.0. The van der Waals surface area contributed by atoms with Crippen LogP contribution in [0.5, 0.6) is 5.75 Å². The Kier molecular flexibility index (Phi) is 6.26. The lowest BCUT2D eigenvalue weighted by Crippen LogP contribution is -2.28. The number of fused-ring (bicyclic) bond motifs is 1. The summed E-state index contributed by atoms with van der Waals surface area (Å²) in [7, 11) is 0. The minimum atomic E-state index is -0.901. The number of aromatic nitrogens is 1. The third-order valence-electron chi connectivity index (χ3n) is 5.85. The van der Waals surface area contributed by atoms with Crippen molar-refractivity contribution in [2.75, 3.05) is 4.90 Å². The number of anilines is 1. The molecule has 188 valence electrons. The first-order valence-electron chi connectivity index (χ1n) is 11.3. The van der Waals surface area contributed by atoms with Gasteiger partial charge in [-0.1, -0.05) is 17.4 Å². The molecule has 0 aliphatic carbocycles. The van der Waals surface area contributed by atoms with Crippen LogP contribution in [0.1, 0.15) is 35.9 Å². The zero-order valence-corrected chi connectivity index (χ0v) is 21.6. The van der Waals surface area contributed by atoms with Gasteiger partial charge in [-0.2, -0.15) is 0 Å². The first kappa shape index (κ1) is 24.6. The number of nitro benzene ring substituents is 1. The highest BCUT2D eigenvalue weighted by Gasteiger charge is 2.48. The Bertz CT molecular complexity index is 1590. The summed E-state index contributed by atoms with van der Waals surface area (Å²) < 4.78 is 6.28. The Hall–Kier alpha value is -4.09. The van der Waals surface area contributed by atoms with Crippen molar-refractivity contribution in [1.82, 2.24) is 4.98 Å². The van der Waals surface area contributed by atoms with E-state index in [1.165, 1.54) is 34.4 Å². The maximum absolute atomic E-state index is 13.3. The summed E-state index contributed by atoms with van der Waals surface area (Å²) >= 11 is 2.41. The van der Waals surface area contributed by atoms with Crippen molar-refractivity contribution in [2.45, 2.75) is 32.9 Å². The van der Waals surface area contributed by atoms with E-state index < -0.39 is 22.7 Å². The number of aliphatic hydroxyl groups is 1. The largest absolute Gasteiger partial charge is 0.507 e. The molecule has 1 unspecified atom stereocenters. The van der Waals surface area contributed by atoms with Crippen LogP contribution < -0.4 is 9.64 Å². The first-order chi connectivity index (χ1) is 17.7. The second-order valence-electron chi connectivity index (χ2n) is 8.74. The molecule has 1 fully saturated rings. The maximum Gasteiger partial charge on any atom is 0.301 e. The van der Waals surface area contributed by atoms with Crippen LogP contribution >= 0.6 is 22.7 Å². The highest BCUT2D eigenvalue weighted by molar-refractivity contribution is 7.22. The fraction of sp³-hybridized carbons (Fsp3) is 0.192. The molecule has 1 N–H and O–H groups in total. The van der Waals surface area contributed by atoms with Crippen molar-refractivity contribution >= 4 is 61.2 Å². The summed E-state index contributed by atoms with van der Waals surface area (Å²) in [5.74, 6) is -1.30. The van der Waals surface area contributed by atoms with Crippen LogP contribution in [0, 0.1) is 17.0 Å². The standard InChI is InChI=1S/C26H21N3O6S2/c1-13(2)35-18-9-6-15(11-14(18)3)23(30)21-22(19-5-4-10-36-19)28(25(32)24(21)31)26-27-17-8-7-16(29(33)34)12-20(17)37-26/h4-13,22,30H,1-3H3/b23-21+. The molecule has 2 aromatic carbocycles. The number of nitro groups is 1. The second kappa shape index (κ2) is 9.41. The smallest absolute Gasteiger partial charge is 0.301 e. The summed E-state index contributed by atoms with van der Waals surface area (Å²) in [6.45, 7) is 5.66. The van der Waals surface area contributed by atoms with Crippen molar-refractivity contribution in [3.05, 3.63) is 85.6 Å². The lowest BCUT2D eigenvalue weighted by Gasteiger charge is -2.21. The topological polar surface area (TPSA) is 123 Å². The highest BCUT2D eigenvalue weighted by atomic mass is 32.1. The van der Waals surface area contributed by atoms with Crippen molar-refractivity contribution in [1.29, 1.82) is 0 Å². The summed E-state index contributed by atoms with van der Waals surface area (Å²) in [5.41, 5.74) is 1.48. The van der Waals surface area contributed by atoms with E-state index in [0.717, 1.165) is 16.9 Å². The fourth-order valence-corrected chi connectivity index (χ4v) is 6.05. The number of thiophene rings is 1. The second-order valence-corrected chi connectivity index (χ2v) is 10.7. The summed E-state index contributed by atoms with van der Waals surface area (Å²) in [5, 5.41) is 24.6. The number of benzene rings is 2. The van der Waals surface area contributed by atoms with Crippen LogP contribution in [0.25, 0.3) is 16.0 Å². The minimum absolute atomic E-state index is 0.0301. The van der Waals surface area contributed by atoms with Crippen LogP contribution in [-0.2, 0) is 9.59 Å². The Morgan fingerprint density at radius 3 is 2.62 bits per heavy atom. The molecule has 1 amide bonds. The van der Waals surface area contributed by atoms with E-state index in [1.807, 2.05) is 26.2 Å². The van der Waals surface area contributed by atoms with E-state index in [2.05, 4.69) is 4.98 Å². The molecule has 1 aliphatic heterocycles. The van der Waals surface area contributed by atoms with E-state index in [4.69, 9.17) is 4.74 Å². The minimum Gasteiger partial charge on any atom is -0.507 e. The number of amides is 1. The number of Topliss-reactive ketones (excluding diaryl/α,β-unsaturated/α-hetero) is 1. The molecule has 0 spiro atoms. The van der Waals surface area contributed by atoms with Crippen LogP contribution in [0.3, 0.4) is 0 Å². The zero-order chi connectivity index (χ0) is 26.4. The van der Waals surface area contributed by atoms with Gasteiger partial charge in [0.1, 0.15) is 17.6 Å². The average Bonchev–Trinajstić information content (AvgIpc) is 3.58. The molecule has 5 rings (SSSR count). The molecule has 1 atom stereocenters. The number of aryl methyl sites for hydroxylation is 1. The lowest BCUT2D eigenvalue weighted by atomic mass is 9.99.